The molecule has 0 bridgehead atoms. The first-order valence-corrected chi connectivity index (χ1v) is 2.75. The van der Waals surface area contributed by atoms with Gasteiger partial charge >= 0.3 is 47.8 Å². The van der Waals surface area contributed by atoms with Crippen molar-refractivity contribution in [2.75, 3.05) is 6.61 Å². The molecule has 0 amide bonds. The van der Waals surface area contributed by atoms with E-state index >= 15 is 0 Å². The Morgan fingerprint density at radius 2 is 1.67 bits per heavy atom. The van der Waals surface area contributed by atoms with Gasteiger partial charge in [-0.2, -0.15) is 0 Å². The molecule has 0 fully saturated rings. The second kappa shape index (κ2) is 22.7. The molecule has 0 spiro atoms. The Labute approximate surface area is 84.9 Å². The van der Waals surface area contributed by atoms with E-state index in [0.717, 1.165) is 6.61 Å². The Morgan fingerprint density at radius 3 is 1.78 bits per heavy atom. The van der Waals surface area contributed by atoms with Crippen molar-refractivity contribution in [1.82, 2.24) is 0 Å². The van der Waals surface area contributed by atoms with Gasteiger partial charge in [-0.25, -0.2) is 0 Å². The molecule has 5 heteroatoms. The molecule has 0 heterocycles. The molecule has 0 aromatic rings. The third kappa shape index (κ3) is 26.6. The molecule has 0 aliphatic carbocycles. The molecular weight excluding hydrogens is 221 g/mol. The Kier molecular flexibility index (Phi) is 56.7. The van der Waals surface area contributed by atoms with Gasteiger partial charge in [0.2, 0.25) is 0 Å². The summed E-state index contributed by atoms with van der Waals surface area (Å²) in [6, 6.07) is 0. The fraction of sp³-hybridized carbons (Fsp3) is 1.00. The maximum absolute atomic E-state index is 4.72. The van der Waals surface area contributed by atoms with Crippen molar-refractivity contribution in [1.29, 1.82) is 0 Å². The second-order valence-corrected chi connectivity index (χ2v) is 1.59. The Balaban J connectivity index is -0.0000000417. The fourth-order valence-electron chi connectivity index (χ4n) is 0.209. The van der Waals surface area contributed by atoms with Gasteiger partial charge in [0.15, 0.2) is 0 Å². The third-order valence-corrected chi connectivity index (χ3v) is 0.874. The van der Waals surface area contributed by atoms with E-state index in [-0.39, 0.29) is 37.2 Å². The molecule has 0 aliphatic heterocycles. The van der Waals surface area contributed by atoms with Gasteiger partial charge in [0, 0.05) is 0 Å². The molecule has 0 aliphatic rings. The molecule has 60 valence electrons. The van der Waals surface area contributed by atoms with E-state index in [0.29, 0.717) is 0 Å². The molecule has 0 aromatic heterocycles. The molecule has 0 aromatic carbocycles. The van der Waals surface area contributed by atoms with E-state index in [1.807, 2.05) is 0 Å². The molecule has 0 rings (SSSR count). The predicted molar refractivity (Wildman–Crippen MR) is 42.6 cm³/mol. The van der Waals surface area contributed by atoms with Crippen molar-refractivity contribution in [2.45, 2.75) is 19.8 Å². The van der Waals surface area contributed by atoms with Crippen molar-refractivity contribution in [2.24, 2.45) is 0 Å². The van der Waals surface area contributed by atoms with E-state index in [1.54, 1.807) is 0 Å². The van der Waals surface area contributed by atoms with Crippen LogP contribution in [0, 0.1) is 0 Å². The summed E-state index contributed by atoms with van der Waals surface area (Å²) < 4.78 is 4.72. The zero-order chi connectivity index (χ0) is 4.83. The van der Waals surface area contributed by atoms with Crippen molar-refractivity contribution >= 4 is 37.2 Å². The Bertz CT molecular complexity index is 27.8. The average molecular weight is 233 g/mol. The zero-order valence-corrected chi connectivity index (χ0v) is 9.05. The van der Waals surface area contributed by atoms with Gasteiger partial charge in [0.05, 0.1) is 0 Å². The summed E-state index contributed by atoms with van der Waals surface area (Å²) in [4.78, 5) is 0. The topological polar surface area (TPSA) is 9.23 Å². The average Bonchev–Trinajstić information content (AvgIpc) is 1.61. The third-order valence-electron chi connectivity index (χ3n) is 0.589. The van der Waals surface area contributed by atoms with Crippen LogP contribution in [0.4, 0.5) is 0 Å². The van der Waals surface area contributed by atoms with Crippen LogP contribution < -0.4 is 0 Å². The van der Waals surface area contributed by atoms with Gasteiger partial charge in [-0.15, -0.1) is 37.2 Å². The molecule has 0 saturated heterocycles. The summed E-state index contributed by atoms with van der Waals surface area (Å²) in [7, 11) is 0. The number of hydrogen-bond donors (Lipinski definition) is 0. The Morgan fingerprint density at radius 1 is 1.22 bits per heavy atom. The van der Waals surface area contributed by atoms with Gasteiger partial charge in [-0.1, -0.05) is 0 Å². The van der Waals surface area contributed by atoms with E-state index < -0.39 is 0 Å². The number of rotatable bonds is 3. The number of unbranched alkanes of at least 4 members (excludes halogenated alkanes) is 1. The van der Waals surface area contributed by atoms with Crippen LogP contribution in [-0.4, -0.2) is 6.61 Å². The van der Waals surface area contributed by atoms with Crippen LogP contribution >= 0.6 is 37.2 Å². The summed E-state index contributed by atoms with van der Waals surface area (Å²) in [6.45, 7) is 3.03. The smallest absolute Gasteiger partial charge is 0.147 e. The molecule has 0 unspecified atom stereocenters. The monoisotopic (exact) mass is 232 g/mol. The first-order valence-electron chi connectivity index (χ1n) is 2.18. The first-order chi connectivity index (χ1) is 2.91. The number of hydrogen-bond acceptors (Lipinski definition) is 1. The number of halogens is 3. The molecular formula is C4H12Cl3OV. The van der Waals surface area contributed by atoms with Gasteiger partial charge in [-0.05, 0) is 0 Å². The summed E-state index contributed by atoms with van der Waals surface area (Å²) in [6.07, 6.45) is 2.40. The van der Waals surface area contributed by atoms with Crippen molar-refractivity contribution in [3.8, 4) is 0 Å². The van der Waals surface area contributed by atoms with Gasteiger partial charge in [0.25, 0.3) is 0 Å². The van der Waals surface area contributed by atoms with Crippen LogP contribution in [0.25, 0.3) is 0 Å². The minimum atomic E-state index is 0. The molecule has 1 nitrogen and oxygen atoms in total. The summed E-state index contributed by atoms with van der Waals surface area (Å²) in [5, 5.41) is 0. The van der Waals surface area contributed by atoms with Gasteiger partial charge < -0.3 is 0 Å². The maximum Gasteiger partial charge on any atom is -0.147 e. The van der Waals surface area contributed by atoms with Crippen LogP contribution in [0.5, 0.6) is 0 Å². The van der Waals surface area contributed by atoms with Crippen molar-refractivity contribution < 1.29 is 21.4 Å². The zero-order valence-electron chi connectivity index (χ0n) is 5.20. The van der Waals surface area contributed by atoms with Crippen LogP contribution in [0.15, 0.2) is 0 Å². The molecule has 0 N–H and O–H groups in total. The van der Waals surface area contributed by atoms with E-state index in [9.17, 15) is 0 Å². The maximum atomic E-state index is 4.72. The van der Waals surface area contributed by atoms with Crippen LogP contribution in [-0.2, 0) is 21.4 Å². The van der Waals surface area contributed by atoms with E-state index in [1.165, 1.54) is 12.8 Å². The SMILES string of the molecule is CCCC[O][V].Cl.Cl.Cl. The summed E-state index contributed by atoms with van der Waals surface area (Å²) in [5.74, 6) is 0. The minimum absolute atomic E-state index is 0. The van der Waals surface area contributed by atoms with Gasteiger partial charge in [-0.3, -0.25) is 0 Å². The van der Waals surface area contributed by atoms with Crippen LogP contribution in [0.1, 0.15) is 19.8 Å². The molecule has 0 radical (unpaired) electrons. The largest absolute Gasteiger partial charge is 0.147 e. The molecule has 0 atom stereocenters. The van der Waals surface area contributed by atoms with Crippen molar-refractivity contribution in [3.63, 3.8) is 0 Å². The van der Waals surface area contributed by atoms with E-state index in [4.69, 9.17) is 3.66 Å². The first kappa shape index (κ1) is 22.4. The normalized spacial score (nSPS) is 5.89. The standard InChI is InChI=1S/C4H9O.3ClH.V/c1-2-3-4-5;;;;/h2-4H2,1H3;3*1H;/q-1;;;;+1. The quantitative estimate of drug-likeness (QED) is 0.681. The van der Waals surface area contributed by atoms with Crippen LogP contribution in [0.2, 0.25) is 0 Å². The molecule has 9 heavy (non-hydrogen) atoms. The Hall–Kier alpha value is 1.41. The summed E-state index contributed by atoms with van der Waals surface area (Å²) >= 11 is 2.10. The summed E-state index contributed by atoms with van der Waals surface area (Å²) in [5.41, 5.74) is 0. The minimum Gasteiger partial charge on any atom is -0.147 e. The van der Waals surface area contributed by atoms with E-state index in [2.05, 4.69) is 24.7 Å². The fourth-order valence-corrected chi connectivity index (χ4v) is 0.410. The second-order valence-electron chi connectivity index (χ2n) is 1.19. The van der Waals surface area contributed by atoms with Gasteiger partial charge in [0.1, 0.15) is 0 Å². The van der Waals surface area contributed by atoms with Crippen molar-refractivity contribution in [3.05, 3.63) is 0 Å². The predicted octanol–water partition coefficient (Wildman–Crippen LogP) is 2.53. The molecule has 0 saturated carbocycles. The van der Waals surface area contributed by atoms with Crippen LogP contribution in [0.3, 0.4) is 0 Å².